The van der Waals surface area contributed by atoms with Crippen LogP contribution < -0.4 is 4.74 Å². The first kappa shape index (κ1) is 20.2. The molecule has 1 atom stereocenters. The van der Waals surface area contributed by atoms with Gasteiger partial charge in [0, 0.05) is 6.42 Å². The fraction of sp³-hybridized carbons (Fsp3) is 0.259. The minimum atomic E-state index is -0.109. The van der Waals surface area contributed by atoms with E-state index in [1.54, 1.807) is 12.1 Å². The van der Waals surface area contributed by atoms with E-state index in [0.717, 1.165) is 43.6 Å². The zero-order valence-corrected chi connectivity index (χ0v) is 17.2. The third-order valence-electron chi connectivity index (χ3n) is 5.39. The van der Waals surface area contributed by atoms with Gasteiger partial charge in [-0.3, -0.25) is 0 Å². The van der Waals surface area contributed by atoms with Gasteiger partial charge in [-0.05, 0) is 72.2 Å². The lowest BCUT2D eigenvalue weighted by atomic mass is 9.96. The molecule has 0 aliphatic carbocycles. The first-order valence-corrected chi connectivity index (χ1v) is 10.7. The van der Waals surface area contributed by atoms with Gasteiger partial charge in [-0.2, -0.15) is 0 Å². The summed E-state index contributed by atoms with van der Waals surface area (Å²) in [6, 6.07) is 26.2. The molecular formula is C27H28O3. The maximum Gasteiger partial charge on any atom is 0.199 e. The molecule has 4 rings (SSSR count). The molecule has 1 heterocycles. The summed E-state index contributed by atoms with van der Waals surface area (Å²) in [6.45, 7) is 0.790. The van der Waals surface area contributed by atoms with Gasteiger partial charge in [-0.1, -0.05) is 60.7 Å². The first-order chi connectivity index (χ1) is 14.8. The Balaban J connectivity index is 1.43. The summed E-state index contributed by atoms with van der Waals surface area (Å²) >= 11 is 0. The van der Waals surface area contributed by atoms with E-state index in [2.05, 4.69) is 42.5 Å². The van der Waals surface area contributed by atoms with Gasteiger partial charge in [-0.15, -0.1) is 0 Å². The Morgan fingerprint density at radius 1 is 0.933 bits per heavy atom. The van der Waals surface area contributed by atoms with Gasteiger partial charge in [0.15, 0.2) is 6.29 Å². The van der Waals surface area contributed by atoms with Crippen LogP contribution in [0, 0.1) is 0 Å². The fourth-order valence-electron chi connectivity index (χ4n) is 3.69. The number of ether oxygens (including phenoxy) is 2. The van der Waals surface area contributed by atoms with E-state index in [0.29, 0.717) is 0 Å². The molecular weight excluding hydrogens is 372 g/mol. The highest BCUT2D eigenvalue weighted by molar-refractivity contribution is 5.81. The van der Waals surface area contributed by atoms with Crippen LogP contribution in [0.3, 0.4) is 0 Å². The van der Waals surface area contributed by atoms with Crippen LogP contribution in [-0.2, 0) is 11.2 Å². The van der Waals surface area contributed by atoms with Crippen molar-refractivity contribution in [2.75, 3.05) is 6.61 Å². The van der Waals surface area contributed by atoms with Gasteiger partial charge in [0.1, 0.15) is 11.5 Å². The van der Waals surface area contributed by atoms with Crippen LogP contribution >= 0.6 is 0 Å². The van der Waals surface area contributed by atoms with Crippen molar-refractivity contribution in [3.05, 3.63) is 95.6 Å². The summed E-state index contributed by atoms with van der Waals surface area (Å²) < 4.78 is 11.6. The third-order valence-corrected chi connectivity index (χ3v) is 5.39. The van der Waals surface area contributed by atoms with Crippen LogP contribution in [-0.4, -0.2) is 18.0 Å². The Morgan fingerprint density at radius 2 is 1.70 bits per heavy atom. The SMILES string of the molecule is Oc1ccc(C=C(CCc2ccc(O[C@H]3CCCCO3)cc2)c2ccccc2)cc1. The lowest BCUT2D eigenvalue weighted by molar-refractivity contribution is -0.105. The predicted octanol–water partition coefficient (Wildman–Crippen LogP) is 6.47. The summed E-state index contributed by atoms with van der Waals surface area (Å²) in [5, 5.41) is 9.55. The normalized spacial score (nSPS) is 16.9. The molecule has 0 amide bonds. The van der Waals surface area contributed by atoms with Crippen molar-refractivity contribution in [3.63, 3.8) is 0 Å². The van der Waals surface area contributed by atoms with Crippen LogP contribution in [0.1, 0.15) is 42.4 Å². The Hall–Kier alpha value is -3.04. The Kier molecular flexibility index (Phi) is 6.83. The summed E-state index contributed by atoms with van der Waals surface area (Å²) in [5.74, 6) is 1.16. The second-order valence-corrected chi connectivity index (χ2v) is 7.69. The van der Waals surface area contributed by atoms with Crippen molar-refractivity contribution in [2.45, 2.75) is 38.4 Å². The molecule has 3 nitrogen and oxygen atoms in total. The standard InChI is InChI=1S/C27H28O3/c28-25-15-10-22(11-16-25)20-24(23-6-2-1-3-7-23)14-9-21-12-17-26(18-13-21)30-27-8-4-5-19-29-27/h1-3,6-7,10-13,15-18,20,27-28H,4-5,8-9,14,19H2/t27-/m0/s1. The highest BCUT2D eigenvalue weighted by Gasteiger charge is 2.15. The van der Waals surface area contributed by atoms with Crippen molar-refractivity contribution in [1.82, 2.24) is 0 Å². The Bertz CT molecular complexity index is 938. The molecule has 0 saturated carbocycles. The van der Waals surface area contributed by atoms with Crippen molar-refractivity contribution >= 4 is 11.6 Å². The molecule has 0 spiro atoms. The zero-order valence-electron chi connectivity index (χ0n) is 17.2. The molecule has 0 radical (unpaired) electrons. The maximum absolute atomic E-state index is 9.55. The molecule has 1 saturated heterocycles. The number of allylic oxidation sites excluding steroid dienone is 1. The quantitative estimate of drug-likeness (QED) is 0.462. The molecule has 3 heteroatoms. The Morgan fingerprint density at radius 3 is 2.40 bits per heavy atom. The van der Waals surface area contributed by atoms with Gasteiger partial charge in [-0.25, -0.2) is 0 Å². The number of aromatic hydroxyl groups is 1. The highest BCUT2D eigenvalue weighted by Crippen LogP contribution is 2.26. The number of hydrogen-bond donors (Lipinski definition) is 1. The monoisotopic (exact) mass is 400 g/mol. The van der Waals surface area contributed by atoms with E-state index in [4.69, 9.17) is 9.47 Å². The minimum absolute atomic E-state index is 0.109. The van der Waals surface area contributed by atoms with Crippen molar-refractivity contribution in [1.29, 1.82) is 0 Å². The highest BCUT2D eigenvalue weighted by atomic mass is 16.7. The van der Waals surface area contributed by atoms with Crippen molar-refractivity contribution in [2.24, 2.45) is 0 Å². The number of hydrogen-bond acceptors (Lipinski definition) is 3. The second kappa shape index (κ2) is 10.1. The Labute approximate surface area is 178 Å². The van der Waals surface area contributed by atoms with Gasteiger partial charge < -0.3 is 14.6 Å². The van der Waals surface area contributed by atoms with E-state index < -0.39 is 0 Å². The number of aryl methyl sites for hydroxylation is 1. The second-order valence-electron chi connectivity index (χ2n) is 7.69. The van der Waals surface area contributed by atoms with Gasteiger partial charge in [0.2, 0.25) is 0 Å². The zero-order chi connectivity index (χ0) is 20.6. The number of phenols is 1. The molecule has 30 heavy (non-hydrogen) atoms. The molecule has 1 fully saturated rings. The molecule has 1 N–H and O–H groups in total. The molecule has 0 bridgehead atoms. The molecule has 0 unspecified atom stereocenters. The number of phenolic OH excluding ortho intramolecular Hbond substituents is 1. The van der Waals surface area contributed by atoms with Crippen molar-refractivity contribution < 1.29 is 14.6 Å². The lowest BCUT2D eigenvalue weighted by Gasteiger charge is -2.23. The molecule has 0 aromatic heterocycles. The van der Waals surface area contributed by atoms with Crippen LogP contribution in [0.5, 0.6) is 11.5 Å². The van der Waals surface area contributed by atoms with Crippen LogP contribution in [0.15, 0.2) is 78.9 Å². The van der Waals surface area contributed by atoms with E-state index in [1.165, 1.54) is 23.1 Å². The third kappa shape index (κ3) is 5.74. The summed E-state index contributed by atoms with van der Waals surface area (Å²) in [4.78, 5) is 0. The van der Waals surface area contributed by atoms with Crippen molar-refractivity contribution in [3.8, 4) is 11.5 Å². The largest absolute Gasteiger partial charge is 0.508 e. The van der Waals surface area contributed by atoms with Crippen LogP contribution in [0.4, 0.5) is 0 Å². The molecule has 1 aliphatic rings. The maximum atomic E-state index is 9.55. The molecule has 1 aliphatic heterocycles. The summed E-state index contributed by atoms with van der Waals surface area (Å²) in [7, 11) is 0. The minimum Gasteiger partial charge on any atom is -0.508 e. The van der Waals surface area contributed by atoms with Gasteiger partial charge in [0.25, 0.3) is 0 Å². The lowest BCUT2D eigenvalue weighted by Crippen LogP contribution is -2.24. The summed E-state index contributed by atoms with van der Waals surface area (Å²) in [6.07, 6.45) is 7.22. The smallest absolute Gasteiger partial charge is 0.199 e. The van der Waals surface area contributed by atoms with Crippen LogP contribution in [0.2, 0.25) is 0 Å². The fourth-order valence-corrected chi connectivity index (χ4v) is 3.69. The van der Waals surface area contributed by atoms with Crippen LogP contribution in [0.25, 0.3) is 11.6 Å². The van der Waals surface area contributed by atoms with E-state index >= 15 is 0 Å². The van der Waals surface area contributed by atoms with Gasteiger partial charge in [0.05, 0.1) is 6.61 Å². The molecule has 154 valence electrons. The summed E-state index contributed by atoms with van der Waals surface area (Å²) in [5.41, 5.74) is 4.86. The van der Waals surface area contributed by atoms with E-state index in [-0.39, 0.29) is 12.0 Å². The number of rotatable bonds is 7. The van der Waals surface area contributed by atoms with E-state index in [1.807, 2.05) is 30.3 Å². The predicted molar refractivity (Wildman–Crippen MR) is 121 cm³/mol. The van der Waals surface area contributed by atoms with E-state index in [9.17, 15) is 5.11 Å². The molecule has 3 aromatic carbocycles. The topological polar surface area (TPSA) is 38.7 Å². The average molecular weight is 401 g/mol. The number of benzene rings is 3. The molecule has 3 aromatic rings. The average Bonchev–Trinajstić information content (AvgIpc) is 2.80. The van der Waals surface area contributed by atoms with Gasteiger partial charge >= 0.3 is 0 Å². The first-order valence-electron chi connectivity index (χ1n) is 10.7.